The van der Waals surface area contributed by atoms with E-state index < -0.39 is 15.6 Å². The van der Waals surface area contributed by atoms with Gasteiger partial charge in [-0.1, -0.05) is 12.8 Å². The van der Waals surface area contributed by atoms with Crippen molar-refractivity contribution in [1.29, 1.82) is 0 Å². The van der Waals surface area contributed by atoms with Gasteiger partial charge in [0, 0.05) is 26.0 Å². The van der Waals surface area contributed by atoms with Crippen LogP contribution in [-0.2, 0) is 16.4 Å². The van der Waals surface area contributed by atoms with Crippen LogP contribution in [0.4, 0.5) is 0 Å². The smallest absolute Gasteiger partial charge is 0.214 e. The highest BCUT2D eigenvalue weighted by Gasteiger charge is 2.35. The summed E-state index contributed by atoms with van der Waals surface area (Å²) in [5.41, 5.74) is 0.120. The zero-order valence-corrected chi connectivity index (χ0v) is 12.6. The van der Waals surface area contributed by atoms with E-state index in [4.69, 9.17) is 0 Å². The molecule has 0 saturated heterocycles. The fourth-order valence-electron chi connectivity index (χ4n) is 2.66. The van der Waals surface area contributed by atoms with Crippen LogP contribution in [0.25, 0.3) is 0 Å². The van der Waals surface area contributed by atoms with Gasteiger partial charge >= 0.3 is 0 Å². The average molecular weight is 298 g/mol. The summed E-state index contributed by atoms with van der Waals surface area (Å²) in [6.45, 7) is 0.200. The fraction of sp³-hybridized carbons (Fsp3) is 0.643. The monoisotopic (exact) mass is 298 g/mol. The molecule has 0 atom stereocenters. The maximum absolute atomic E-state index is 12.2. The van der Waals surface area contributed by atoms with E-state index in [0.29, 0.717) is 19.3 Å². The lowest BCUT2D eigenvalue weighted by atomic mass is 10.0. The molecule has 1 aliphatic rings. The van der Waals surface area contributed by atoms with Gasteiger partial charge in [-0.25, -0.2) is 12.7 Å². The minimum atomic E-state index is -3.33. The van der Waals surface area contributed by atoms with Crippen LogP contribution < -0.4 is 0 Å². The Hall–Kier alpha value is -0.980. The molecule has 0 bridgehead atoms. The molecule has 0 spiro atoms. The Bertz CT molecular complexity index is 525. The van der Waals surface area contributed by atoms with Gasteiger partial charge in [0.1, 0.15) is 0 Å². The average Bonchev–Trinajstić information content (AvgIpc) is 2.84. The second-order valence-corrected chi connectivity index (χ2v) is 7.80. The summed E-state index contributed by atoms with van der Waals surface area (Å²) in [5, 5.41) is 10.3. The van der Waals surface area contributed by atoms with Gasteiger partial charge in [-0.2, -0.15) is 0 Å². The summed E-state index contributed by atoms with van der Waals surface area (Å²) >= 11 is 0. The molecule has 1 heterocycles. The van der Waals surface area contributed by atoms with Crippen LogP contribution in [0.1, 0.15) is 31.2 Å². The van der Waals surface area contributed by atoms with Crippen molar-refractivity contribution in [3.05, 3.63) is 30.1 Å². The van der Waals surface area contributed by atoms with Gasteiger partial charge in [-0.3, -0.25) is 4.98 Å². The van der Waals surface area contributed by atoms with E-state index in [1.165, 1.54) is 4.31 Å². The van der Waals surface area contributed by atoms with Crippen molar-refractivity contribution in [1.82, 2.24) is 9.29 Å². The number of likely N-dealkylation sites (N-methyl/N-ethyl adjacent to an activating group) is 1. The van der Waals surface area contributed by atoms with E-state index in [1.54, 1.807) is 19.4 Å². The molecule has 1 aromatic heterocycles. The van der Waals surface area contributed by atoms with Crippen LogP contribution in [0.3, 0.4) is 0 Å². The first-order valence-electron chi connectivity index (χ1n) is 6.97. The van der Waals surface area contributed by atoms with Gasteiger partial charge < -0.3 is 5.11 Å². The molecular formula is C14H22N2O3S. The van der Waals surface area contributed by atoms with Gasteiger partial charge in [0.05, 0.1) is 11.4 Å². The topological polar surface area (TPSA) is 70.5 Å². The predicted molar refractivity (Wildman–Crippen MR) is 77.8 cm³/mol. The number of nitrogens with zero attached hydrogens (tertiary/aromatic N) is 2. The number of aryl methyl sites for hydroxylation is 1. The quantitative estimate of drug-likeness (QED) is 0.856. The van der Waals surface area contributed by atoms with E-state index >= 15 is 0 Å². The van der Waals surface area contributed by atoms with Crippen LogP contribution in [0.2, 0.25) is 0 Å². The first-order valence-corrected chi connectivity index (χ1v) is 8.58. The van der Waals surface area contributed by atoms with E-state index in [2.05, 4.69) is 4.98 Å². The predicted octanol–water partition coefficient (Wildman–Crippen LogP) is 1.19. The standard InChI is InChI=1S/C14H22N2O3S/c1-16(12-14(17)7-2-3-8-14)20(18,19)11-6-13-4-9-15-10-5-13/h4-5,9-10,17H,2-3,6-8,11-12H2,1H3. The van der Waals surface area contributed by atoms with Crippen LogP contribution in [-0.4, -0.2) is 47.8 Å². The zero-order valence-electron chi connectivity index (χ0n) is 11.8. The SMILES string of the molecule is CN(CC1(O)CCCC1)S(=O)(=O)CCc1ccncc1. The summed E-state index contributed by atoms with van der Waals surface area (Å²) in [7, 11) is -1.78. The van der Waals surface area contributed by atoms with Gasteiger partial charge in [-0.05, 0) is 37.0 Å². The van der Waals surface area contributed by atoms with Crippen LogP contribution in [0.5, 0.6) is 0 Å². The lowest BCUT2D eigenvalue weighted by molar-refractivity contribution is 0.0333. The van der Waals surface area contributed by atoms with Crippen molar-refractivity contribution in [2.45, 2.75) is 37.7 Å². The van der Waals surface area contributed by atoms with Crippen molar-refractivity contribution in [3.63, 3.8) is 0 Å². The third-order valence-electron chi connectivity index (χ3n) is 3.92. The maximum Gasteiger partial charge on any atom is 0.214 e. The van der Waals surface area contributed by atoms with Gasteiger partial charge in [0.2, 0.25) is 10.0 Å². The molecule has 2 rings (SSSR count). The van der Waals surface area contributed by atoms with E-state index in [-0.39, 0.29) is 12.3 Å². The number of hydrogen-bond donors (Lipinski definition) is 1. The molecule has 20 heavy (non-hydrogen) atoms. The van der Waals surface area contributed by atoms with Crippen LogP contribution >= 0.6 is 0 Å². The van der Waals surface area contributed by atoms with E-state index in [1.807, 2.05) is 12.1 Å². The number of sulfonamides is 1. The van der Waals surface area contributed by atoms with Crippen molar-refractivity contribution in [3.8, 4) is 0 Å². The highest BCUT2D eigenvalue weighted by Crippen LogP contribution is 2.30. The van der Waals surface area contributed by atoms with Crippen LogP contribution in [0.15, 0.2) is 24.5 Å². The number of pyridine rings is 1. The summed E-state index contributed by atoms with van der Waals surface area (Å²) in [6, 6.07) is 3.64. The lowest BCUT2D eigenvalue weighted by Gasteiger charge is -2.28. The summed E-state index contributed by atoms with van der Waals surface area (Å²) in [5.74, 6) is 0.0591. The van der Waals surface area contributed by atoms with Crippen molar-refractivity contribution < 1.29 is 13.5 Å². The van der Waals surface area contributed by atoms with Crippen molar-refractivity contribution in [2.24, 2.45) is 0 Å². The Kier molecular flexibility index (Phi) is 4.78. The number of aliphatic hydroxyl groups is 1. The molecule has 0 radical (unpaired) electrons. The van der Waals surface area contributed by atoms with Gasteiger partial charge in [-0.15, -0.1) is 0 Å². The normalized spacial score (nSPS) is 18.6. The zero-order chi connectivity index (χ0) is 14.6. The Morgan fingerprint density at radius 1 is 1.30 bits per heavy atom. The number of rotatable bonds is 6. The van der Waals surface area contributed by atoms with Gasteiger partial charge in [0.25, 0.3) is 0 Å². The molecule has 1 saturated carbocycles. The second kappa shape index (κ2) is 6.20. The first-order chi connectivity index (χ1) is 9.41. The molecule has 0 aliphatic heterocycles. The third kappa shape index (κ3) is 4.01. The Labute approximate surface area is 120 Å². The Morgan fingerprint density at radius 2 is 1.90 bits per heavy atom. The maximum atomic E-state index is 12.2. The molecule has 0 unspecified atom stereocenters. The Balaban J connectivity index is 1.92. The molecule has 0 amide bonds. The van der Waals surface area contributed by atoms with Crippen molar-refractivity contribution >= 4 is 10.0 Å². The molecule has 1 aliphatic carbocycles. The largest absolute Gasteiger partial charge is 0.389 e. The lowest BCUT2D eigenvalue weighted by Crippen LogP contribution is -2.43. The van der Waals surface area contributed by atoms with Crippen molar-refractivity contribution in [2.75, 3.05) is 19.3 Å². The fourth-order valence-corrected chi connectivity index (χ4v) is 3.90. The first kappa shape index (κ1) is 15.4. The molecule has 0 aromatic carbocycles. The highest BCUT2D eigenvalue weighted by atomic mass is 32.2. The van der Waals surface area contributed by atoms with Crippen LogP contribution in [0, 0.1) is 0 Å². The summed E-state index contributed by atoms with van der Waals surface area (Å²) in [4.78, 5) is 3.91. The number of aromatic nitrogens is 1. The summed E-state index contributed by atoms with van der Waals surface area (Å²) < 4.78 is 25.8. The highest BCUT2D eigenvalue weighted by molar-refractivity contribution is 7.89. The molecule has 112 valence electrons. The molecule has 1 fully saturated rings. The minimum Gasteiger partial charge on any atom is -0.389 e. The minimum absolute atomic E-state index is 0.0591. The summed E-state index contributed by atoms with van der Waals surface area (Å²) in [6.07, 6.45) is 7.12. The van der Waals surface area contributed by atoms with E-state index in [9.17, 15) is 13.5 Å². The molecule has 6 heteroatoms. The third-order valence-corrected chi connectivity index (χ3v) is 5.72. The molecular weight excluding hydrogens is 276 g/mol. The second-order valence-electron chi connectivity index (χ2n) is 5.61. The molecule has 5 nitrogen and oxygen atoms in total. The Morgan fingerprint density at radius 3 is 2.50 bits per heavy atom. The molecule has 1 N–H and O–H groups in total. The van der Waals surface area contributed by atoms with Gasteiger partial charge in [0.15, 0.2) is 0 Å². The molecule has 1 aromatic rings. The van der Waals surface area contributed by atoms with E-state index in [0.717, 1.165) is 18.4 Å². The number of hydrogen-bond acceptors (Lipinski definition) is 4.